The van der Waals surface area contributed by atoms with E-state index in [1.807, 2.05) is 6.20 Å². The van der Waals surface area contributed by atoms with Crippen LogP contribution in [-0.4, -0.2) is 21.1 Å². The van der Waals surface area contributed by atoms with E-state index in [4.69, 9.17) is 9.40 Å². The van der Waals surface area contributed by atoms with Crippen molar-refractivity contribution in [2.24, 2.45) is 0 Å². The average Bonchev–Trinajstić information content (AvgIpc) is 4.19. The molecule has 2 aromatic heterocycles. The smallest absolute Gasteiger partial charge is 0.145 e. The molecule has 0 saturated carbocycles. The molecular weight excluding hydrogens is 1090 g/mol. The second-order valence-corrected chi connectivity index (χ2v) is 37.8. The number of nitrogens with zero attached hydrogens (tertiary/aromatic N) is 3. The van der Waals surface area contributed by atoms with E-state index in [-0.39, 0.29) is 8.84 Å². The molecule has 0 fully saturated rings. The molecule has 0 radical (unpaired) electrons. The summed E-state index contributed by atoms with van der Waals surface area (Å²) in [6.07, 6.45) is 1.97. The first-order chi connectivity index (χ1) is 37.2. The Kier molecular flexibility index (Phi) is 12.7. The molecule has 0 unspecified atom stereocenters. The Hall–Kier alpha value is -7.05. The van der Waals surface area contributed by atoms with Crippen LogP contribution < -0.4 is 20.2 Å². The van der Waals surface area contributed by atoms with Gasteiger partial charge in [0.05, 0.1) is 43.8 Å². The number of benzene rings is 9. The second kappa shape index (κ2) is 19.1. The zero-order valence-corrected chi connectivity index (χ0v) is 51.0. The molecule has 388 valence electrons. The van der Waals surface area contributed by atoms with Crippen molar-refractivity contribution in [3.05, 3.63) is 246 Å². The van der Waals surface area contributed by atoms with E-state index >= 15 is 0 Å². The molecule has 0 N–H and O–H groups in total. The van der Waals surface area contributed by atoms with E-state index in [0.717, 1.165) is 89.2 Å². The van der Waals surface area contributed by atoms with Crippen molar-refractivity contribution < 1.29 is 4.42 Å². The lowest BCUT2D eigenvalue weighted by Crippen LogP contribution is -2.37. The Morgan fingerprint density at radius 1 is 0.462 bits per heavy atom. The second-order valence-electron chi connectivity index (χ2n) is 24.9. The zero-order chi connectivity index (χ0) is 54.5. The minimum absolute atomic E-state index is 0.0149. The summed E-state index contributed by atoms with van der Waals surface area (Å²) in [6.45, 7) is 25.9. The molecule has 0 atom stereocenters. The molecule has 0 amide bonds. The van der Waals surface area contributed by atoms with Gasteiger partial charge in [0.15, 0.2) is 0 Å². The van der Waals surface area contributed by atoms with Crippen LogP contribution in [0.5, 0.6) is 0 Å². The van der Waals surface area contributed by atoms with Crippen LogP contribution in [-0.2, 0) is 14.3 Å². The predicted octanol–water partition coefficient (Wildman–Crippen LogP) is 19.5. The number of hydrogen-bond acceptors (Lipinski definition) is 4. The minimum Gasteiger partial charge on any atom is -0.455 e. The molecule has 12 rings (SSSR count). The molecule has 0 aliphatic heterocycles. The van der Waals surface area contributed by atoms with Crippen molar-refractivity contribution in [3.63, 3.8) is 0 Å². The van der Waals surface area contributed by atoms with E-state index in [1.165, 1.54) is 32.6 Å². The number of rotatable bonds is 11. The molecule has 9 aromatic carbocycles. The van der Waals surface area contributed by atoms with Crippen LogP contribution >= 0.6 is 22.6 Å². The fourth-order valence-electron chi connectivity index (χ4n) is 12.1. The summed E-state index contributed by atoms with van der Waals surface area (Å²) >= 11 is 2.56. The average molecular weight is 1160 g/mol. The number of para-hydroxylation sites is 1. The number of furan rings is 1. The highest BCUT2D eigenvalue weighted by Crippen LogP contribution is 2.63. The largest absolute Gasteiger partial charge is 0.455 e. The third kappa shape index (κ3) is 8.73. The number of fused-ring (bicyclic) bond motifs is 9. The number of aromatic nitrogens is 1. The molecule has 11 aromatic rings. The molecule has 78 heavy (non-hydrogen) atoms. The first-order valence-corrected chi connectivity index (χ1v) is 35.5. The highest BCUT2D eigenvalue weighted by molar-refractivity contribution is 14.1. The van der Waals surface area contributed by atoms with Crippen LogP contribution in [0.3, 0.4) is 0 Å². The lowest BCUT2D eigenvalue weighted by atomic mass is 9.67. The molecule has 4 nitrogen and oxygen atoms in total. The summed E-state index contributed by atoms with van der Waals surface area (Å²) in [6, 6.07) is 77.6. The Balaban J connectivity index is 1.24. The zero-order valence-electron chi connectivity index (χ0n) is 46.8. The third-order valence-electron chi connectivity index (χ3n) is 16.2. The lowest BCUT2D eigenvalue weighted by molar-refractivity contribution is 0.590. The Bertz CT molecular complexity index is 3880. The quantitative estimate of drug-likeness (QED) is 0.0734. The maximum Gasteiger partial charge on any atom is 0.145 e. The monoisotopic (exact) mass is 1160 g/mol. The topological polar surface area (TPSA) is 32.5 Å². The summed E-state index contributed by atoms with van der Waals surface area (Å²) < 4.78 is 7.46. The predicted molar refractivity (Wildman–Crippen MR) is 347 cm³/mol. The Morgan fingerprint density at radius 3 is 1.40 bits per heavy atom. The van der Waals surface area contributed by atoms with Gasteiger partial charge in [0.2, 0.25) is 0 Å². The molecule has 0 saturated heterocycles. The molecule has 0 spiro atoms. The van der Waals surface area contributed by atoms with E-state index < -0.39 is 21.6 Å². The first kappa shape index (κ1) is 51.7. The lowest BCUT2D eigenvalue weighted by Gasteiger charge is -2.36. The Morgan fingerprint density at radius 2 is 0.897 bits per heavy atom. The molecule has 0 bridgehead atoms. The van der Waals surface area contributed by atoms with Gasteiger partial charge in [0.1, 0.15) is 11.2 Å². The van der Waals surface area contributed by atoms with Gasteiger partial charge in [-0.3, -0.25) is 4.98 Å². The van der Waals surface area contributed by atoms with Crippen LogP contribution in [0.15, 0.2) is 217 Å². The standard InChI is InChI=1S/C71H68IN3OSi2/c1-69(2,3)47-28-32-52(33-29-47)75(54-38-42-56(43-39-54)78(9,10)11)62-46-60-66(68-64(62)58-25-18-19-27-63(58)76-68)65-59(71(60,49-21-14-12-15-22-49)50-23-16-13-17-24-50)45-61(57-26-20-44-73-67(57)65)74(51-34-30-48(31-35-51)70(4,5)72)53-36-40-55(41-37-53)77(6,7)8/h12-46H,1-11H3. The van der Waals surface area contributed by atoms with Crippen molar-refractivity contribution in [1.82, 2.24) is 4.98 Å². The van der Waals surface area contributed by atoms with Crippen LogP contribution in [0.1, 0.15) is 68.0 Å². The summed E-state index contributed by atoms with van der Waals surface area (Å²) in [5, 5.41) is 6.04. The van der Waals surface area contributed by atoms with E-state index in [1.54, 1.807) is 0 Å². The fourth-order valence-corrected chi connectivity index (χ4v) is 14.8. The van der Waals surface area contributed by atoms with Gasteiger partial charge in [0.25, 0.3) is 0 Å². The number of halogens is 1. The van der Waals surface area contributed by atoms with E-state index in [9.17, 15) is 0 Å². The number of pyridine rings is 1. The summed E-state index contributed by atoms with van der Waals surface area (Å²) in [5.74, 6) is 0. The highest BCUT2D eigenvalue weighted by Gasteiger charge is 2.50. The van der Waals surface area contributed by atoms with Gasteiger partial charge in [-0.25, -0.2) is 0 Å². The molecule has 2 heterocycles. The normalized spacial score (nSPS) is 13.5. The van der Waals surface area contributed by atoms with Gasteiger partial charge in [-0.05, 0) is 132 Å². The van der Waals surface area contributed by atoms with Crippen molar-refractivity contribution in [3.8, 4) is 11.1 Å². The van der Waals surface area contributed by atoms with Crippen molar-refractivity contribution in [1.29, 1.82) is 0 Å². The molecular formula is C71H68IN3OSi2. The van der Waals surface area contributed by atoms with Gasteiger partial charge in [-0.1, -0.05) is 220 Å². The van der Waals surface area contributed by atoms with Crippen molar-refractivity contribution in [2.45, 2.75) is 88.2 Å². The van der Waals surface area contributed by atoms with Gasteiger partial charge in [0, 0.05) is 54.3 Å². The van der Waals surface area contributed by atoms with Crippen LogP contribution in [0.4, 0.5) is 34.1 Å². The van der Waals surface area contributed by atoms with Gasteiger partial charge in [-0.15, -0.1) is 0 Å². The first-order valence-electron chi connectivity index (χ1n) is 27.5. The van der Waals surface area contributed by atoms with Gasteiger partial charge < -0.3 is 14.2 Å². The molecule has 1 aliphatic rings. The SMILES string of the molecule is CC(C)(C)c1ccc(N(c2ccc([Si](C)(C)C)cc2)c2cc3c(c4oc5ccccc5c24)-c2c(cc(N(c4ccc(C(C)(C)I)cc4)c4ccc([Si](C)(C)C)cc4)c4cccnc24)C3(c2ccccc2)c2ccccc2)cc1. The maximum absolute atomic E-state index is 7.49. The van der Waals surface area contributed by atoms with Crippen LogP contribution in [0, 0.1) is 0 Å². The molecule has 1 aliphatic carbocycles. The van der Waals surface area contributed by atoms with E-state index in [0.29, 0.717) is 0 Å². The van der Waals surface area contributed by atoms with Gasteiger partial charge >= 0.3 is 0 Å². The Labute approximate surface area is 477 Å². The fraction of sp³-hybridized carbons (Fsp3) is 0.197. The number of hydrogen-bond donors (Lipinski definition) is 0. The minimum atomic E-state index is -1.63. The van der Waals surface area contributed by atoms with E-state index in [2.05, 4.69) is 313 Å². The summed E-state index contributed by atoms with van der Waals surface area (Å²) in [5.41, 5.74) is 17.6. The van der Waals surface area contributed by atoms with Gasteiger partial charge in [-0.2, -0.15) is 0 Å². The van der Waals surface area contributed by atoms with Crippen LogP contribution in [0.25, 0.3) is 44.0 Å². The summed E-state index contributed by atoms with van der Waals surface area (Å²) in [4.78, 5) is 10.5. The maximum atomic E-state index is 7.49. The van der Waals surface area contributed by atoms with Crippen LogP contribution in [0.2, 0.25) is 39.3 Å². The van der Waals surface area contributed by atoms with Crippen molar-refractivity contribution >= 4 is 116 Å². The number of anilines is 6. The number of alkyl halides is 1. The molecule has 7 heteroatoms. The highest BCUT2D eigenvalue weighted by atomic mass is 127. The third-order valence-corrected chi connectivity index (χ3v) is 21.0. The van der Waals surface area contributed by atoms with Crippen molar-refractivity contribution in [2.75, 3.05) is 9.80 Å². The summed E-state index contributed by atoms with van der Waals surface area (Å²) in [7, 11) is -3.25.